The van der Waals surface area contributed by atoms with E-state index in [-0.39, 0.29) is 11.6 Å². The van der Waals surface area contributed by atoms with Gasteiger partial charge in [0.25, 0.3) is 5.91 Å². The fourth-order valence-corrected chi connectivity index (χ4v) is 3.47. The zero-order valence-corrected chi connectivity index (χ0v) is 15.3. The van der Waals surface area contributed by atoms with Gasteiger partial charge >= 0.3 is 0 Å². The highest BCUT2D eigenvalue weighted by atomic mass is 16.1. The molecule has 0 bridgehead atoms. The first kappa shape index (κ1) is 17.2. The highest BCUT2D eigenvalue weighted by molar-refractivity contribution is 5.94. The van der Waals surface area contributed by atoms with E-state index in [2.05, 4.69) is 59.3 Å². The molecule has 0 aliphatic carbocycles. The normalized spacial score (nSPS) is 14.0. The van der Waals surface area contributed by atoms with Gasteiger partial charge in [-0.1, -0.05) is 54.6 Å². The van der Waals surface area contributed by atoms with E-state index in [1.165, 1.54) is 5.56 Å². The van der Waals surface area contributed by atoms with Crippen LogP contribution in [0.3, 0.4) is 0 Å². The Hall–Kier alpha value is -3.27. The summed E-state index contributed by atoms with van der Waals surface area (Å²) in [6.07, 6.45) is 0.859. The summed E-state index contributed by atoms with van der Waals surface area (Å²) in [5.74, 6) is -0.0516. The Bertz CT molecular complexity index is 910. The molecule has 136 valence electrons. The molecule has 4 heteroatoms. The lowest BCUT2D eigenvalue weighted by molar-refractivity contribution is 0.0951. The molecule has 3 aromatic carbocycles. The van der Waals surface area contributed by atoms with Gasteiger partial charge in [0.15, 0.2) is 0 Å². The van der Waals surface area contributed by atoms with Gasteiger partial charge in [-0.05, 0) is 42.3 Å². The molecule has 0 fully saturated rings. The van der Waals surface area contributed by atoms with Gasteiger partial charge in [0.2, 0.25) is 0 Å². The number of fused-ring (bicyclic) bond motifs is 1. The second kappa shape index (κ2) is 7.16. The fourth-order valence-electron chi connectivity index (χ4n) is 3.47. The summed E-state index contributed by atoms with van der Waals surface area (Å²) < 4.78 is 0. The number of rotatable bonds is 5. The third-order valence-electron chi connectivity index (χ3n) is 4.82. The highest BCUT2D eigenvalue weighted by Crippen LogP contribution is 2.34. The molecule has 0 saturated heterocycles. The Morgan fingerprint density at radius 1 is 0.815 bits per heavy atom. The summed E-state index contributed by atoms with van der Waals surface area (Å²) in [5, 5.41) is 10.1. The first-order chi connectivity index (χ1) is 13.1. The molecule has 1 amide bonds. The minimum Gasteiger partial charge on any atom is -0.361 e. The molecule has 1 heterocycles. The zero-order valence-electron chi connectivity index (χ0n) is 15.3. The van der Waals surface area contributed by atoms with Crippen LogP contribution in [0.1, 0.15) is 28.4 Å². The van der Waals surface area contributed by atoms with Crippen molar-refractivity contribution in [2.75, 3.05) is 10.6 Å². The molecule has 4 nitrogen and oxygen atoms in total. The van der Waals surface area contributed by atoms with Crippen LogP contribution < -0.4 is 16.0 Å². The van der Waals surface area contributed by atoms with Gasteiger partial charge in [-0.3, -0.25) is 4.79 Å². The van der Waals surface area contributed by atoms with Gasteiger partial charge in [0.05, 0.1) is 11.4 Å². The molecule has 1 aliphatic rings. The van der Waals surface area contributed by atoms with Crippen LogP contribution in [0.4, 0.5) is 11.4 Å². The number of anilines is 2. The van der Waals surface area contributed by atoms with Crippen molar-refractivity contribution in [1.82, 2.24) is 5.32 Å². The van der Waals surface area contributed by atoms with Crippen molar-refractivity contribution in [1.29, 1.82) is 0 Å². The van der Waals surface area contributed by atoms with Crippen molar-refractivity contribution in [3.63, 3.8) is 0 Å². The first-order valence-electron chi connectivity index (χ1n) is 9.18. The van der Waals surface area contributed by atoms with E-state index in [4.69, 9.17) is 0 Å². The summed E-state index contributed by atoms with van der Waals surface area (Å²) in [7, 11) is 0. The zero-order chi connectivity index (χ0) is 18.7. The maximum atomic E-state index is 12.1. The topological polar surface area (TPSA) is 53.2 Å². The van der Waals surface area contributed by atoms with E-state index in [0.717, 1.165) is 23.4 Å². The fraction of sp³-hybridized carbons (Fsp3) is 0.174. The van der Waals surface area contributed by atoms with Gasteiger partial charge in [0.1, 0.15) is 5.66 Å². The quantitative estimate of drug-likeness (QED) is 0.634. The summed E-state index contributed by atoms with van der Waals surface area (Å²) >= 11 is 0. The average molecular weight is 357 g/mol. The standard InChI is InChI=1S/C23H23N3O/c1-23(25-20-9-5-6-10-21(20)26-23)15-17-11-13-18(14-12-17)16-24-22(27)19-7-3-2-4-8-19/h2-14,25-26H,15-16H2,1H3,(H,24,27). The second-order valence-electron chi connectivity index (χ2n) is 7.17. The van der Waals surface area contributed by atoms with Crippen LogP contribution >= 0.6 is 0 Å². The van der Waals surface area contributed by atoms with Crippen molar-refractivity contribution in [2.24, 2.45) is 0 Å². The number of carbonyl (C=O) groups is 1. The maximum absolute atomic E-state index is 12.1. The minimum absolute atomic E-state index is 0.0516. The van der Waals surface area contributed by atoms with Crippen LogP contribution in [0.15, 0.2) is 78.9 Å². The van der Waals surface area contributed by atoms with E-state index in [0.29, 0.717) is 12.1 Å². The molecule has 0 unspecified atom stereocenters. The van der Waals surface area contributed by atoms with Crippen LogP contribution in [0.25, 0.3) is 0 Å². The lowest BCUT2D eigenvalue weighted by Crippen LogP contribution is -2.40. The van der Waals surface area contributed by atoms with E-state index in [1.54, 1.807) is 0 Å². The largest absolute Gasteiger partial charge is 0.361 e. The molecule has 3 aromatic rings. The molecule has 0 saturated carbocycles. The summed E-state index contributed by atoms with van der Waals surface area (Å²) in [5.41, 5.74) is 5.08. The van der Waals surface area contributed by atoms with E-state index in [1.807, 2.05) is 42.5 Å². The van der Waals surface area contributed by atoms with E-state index in [9.17, 15) is 4.79 Å². The Balaban J connectivity index is 1.35. The average Bonchev–Trinajstić information content (AvgIpc) is 3.03. The first-order valence-corrected chi connectivity index (χ1v) is 9.18. The van der Waals surface area contributed by atoms with Crippen LogP contribution in [0, 0.1) is 0 Å². The molecular weight excluding hydrogens is 334 g/mol. The molecule has 0 aromatic heterocycles. The van der Waals surface area contributed by atoms with Crippen molar-refractivity contribution in [3.05, 3.63) is 95.6 Å². The Kier molecular flexibility index (Phi) is 4.55. The number of para-hydroxylation sites is 2. The van der Waals surface area contributed by atoms with Crippen molar-refractivity contribution in [2.45, 2.75) is 25.6 Å². The van der Waals surface area contributed by atoms with Crippen LogP contribution in [0.5, 0.6) is 0 Å². The minimum atomic E-state index is -0.202. The van der Waals surface area contributed by atoms with Gasteiger partial charge in [-0.15, -0.1) is 0 Å². The van der Waals surface area contributed by atoms with Gasteiger partial charge < -0.3 is 16.0 Å². The molecular formula is C23H23N3O. The van der Waals surface area contributed by atoms with Crippen molar-refractivity contribution < 1.29 is 4.79 Å². The third-order valence-corrected chi connectivity index (χ3v) is 4.82. The van der Waals surface area contributed by atoms with E-state index >= 15 is 0 Å². The second-order valence-corrected chi connectivity index (χ2v) is 7.17. The highest BCUT2D eigenvalue weighted by Gasteiger charge is 2.31. The third kappa shape index (κ3) is 3.95. The molecule has 3 N–H and O–H groups in total. The lowest BCUT2D eigenvalue weighted by Gasteiger charge is -2.26. The van der Waals surface area contributed by atoms with E-state index < -0.39 is 0 Å². The molecule has 0 spiro atoms. The van der Waals surface area contributed by atoms with Crippen LogP contribution in [-0.4, -0.2) is 11.6 Å². The predicted molar refractivity (Wildman–Crippen MR) is 110 cm³/mol. The number of nitrogens with one attached hydrogen (secondary N) is 3. The SMILES string of the molecule is CC1(Cc2ccc(CNC(=O)c3ccccc3)cc2)Nc2ccccc2N1. The molecule has 27 heavy (non-hydrogen) atoms. The van der Waals surface area contributed by atoms with Crippen molar-refractivity contribution in [3.8, 4) is 0 Å². The van der Waals surface area contributed by atoms with Crippen LogP contribution in [-0.2, 0) is 13.0 Å². The number of benzene rings is 3. The summed E-state index contributed by atoms with van der Waals surface area (Å²) in [4.78, 5) is 12.1. The maximum Gasteiger partial charge on any atom is 0.251 e. The summed E-state index contributed by atoms with van der Waals surface area (Å²) in [6.45, 7) is 2.69. The lowest BCUT2D eigenvalue weighted by atomic mass is 10.0. The molecule has 4 rings (SSSR count). The summed E-state index contributed by atoms with van der Waals surface area (Å²) in [6, 6.07) is 25.9. The smallest absolute Gasteiger partial charge is 0.251 e. The van der Waals surface area contributed by atoms with Gasteiger partial charge in [0, 0.05) is 18.5 Å². The Labute approximate surface area is 159 Å². The number of carbonyl (C=O) groups excluding carboxylic acids is 1. The Morgan fingerprint density at radius 3 is 2.00 bits per heavy atom. The molecule has 1 aliphatic heterocycles. The predicted octanol–water partition coefficient (Wildman–Crippen LogP) is 4.41. The Morgan fingerprint density at radius 2 is 1.37 bits per heavy atom. The number of amides is 1. The number of hydrogen-bond acceptors (Lipinski definition) is 3. The van der Waals surface area contributed by atoms with Gasteiger partial charge in [-0.25, -0.2) is 0 Å². The van der Waals surface area contributed by atoms with Crippen LogP contribution in [0.2, 0.25) is 0 Å². The molecule has 0 radical (unpaired) electrons. The number of hydrogen-bond donors (Lipinski definition) is 3. The van der Waals surface area contributed by atoms with Gasteiger partial charge in [-0.2, -0.15) is 0 Å². The van der Waals surface area contributed by atoms with Crippen molar-refractivity contribution >= 4 is 17.3 Å². The monoisotopic (exact) mass is 357 g/mol. The molecule has 0 atom stereocenters.